The molecule has 14 heavy (non-hydrogen) atoms. The first-order valence-corrected chi connectivity index (χ1v) is 5.74. The summed E-state index contributed by atoms with van der Waals surface area (Å²) < 4.78 is 28.0. The van der Waals surface area contributed by atoms with Gasteiger partial charge < -0.3 is 27.1 Å². The zero-order chi connectivity index (χ0) is 11.4. The van der Waals surface area contributed by atoms with Gasteiger partial charge in [0.2, 0.25) is 0 Å². The SMILES string of the molecule is COP(OC)OC.COP(OC)OC. The highest BCUT2D eigenvalue weighted by Gasteiger charge is 2.01. The van der Waals surface area contributed by atoms with Crippen molar-refractivity contribution >= 4 is 17.2 Å². The summed E-state index contributed by atoms with van der Waals surface area (Å²) >= 11 is 0. The van der Waals surface area contributed by atoms with E-state index in [1.807, 2.05) is 0 Å². The first kappa shape index (κ1) is 17.0. The van der Waals surface area contributed by atoms with Gasteiger partial charge in [-0.15, -0.1) is 0 Å². The fourth-order valence-corrected chi connectivity index (χ4v) is 1.34. The third-order valence-electron chi connectivity index (χ3n) is 0.894. The molecule has 0 saturated carbocycles. The highest BCUT2D eigenvalue weighted by Crippen LogP contribution is 2.35. The number of hydrogen-bond donors (Lipinski definition) is 0. The molecule has 0 unspecified atom stereocenters. The highest BCUT2D eigenvalue weighted by molar-refractivity contribution is 7.41. The molecule has 0 saturated heterocycles. The second-order valence-corrected chi connectivity index (χ2v) is 4.63. The number of rotatable bonds is 6. The molecular formula is C6H18O6P2. The van der Waals surface area contributed by atoms with Gasteiger partial charge in [0.15, 0.2) is 0 Å². The summed E-state index contributed by atoms with van der Waals surface area (Å²) in [6, 6.07) is 0. The third-order valence-corrected chi connectivity index (χ3v) is 2.68. The Morgan fingerprint density at radius 1 is 0.429 bits per heavy atom. The molecule has 0 aliphatic rings. The molecule has 0 spiro atoms. The first-order chi connectivity index (χ1) is 6.69. The van der Waals surface area contributed by atoms with Gasteiger partial charge in [0, 0.05) is 42.7 Å². The molecule has 0 atom stereocenters. The quantitative estimate of drug-likeness (QED) is 0.672. The molecule has 0 aromatic carbocycles. The van der Waals surface area contributed by atoms with Crippen LogP contribution in [0, 0.1) is 0 Å². The summed E-state index contributed by atoms with van der Waals surface area (Å²) in [5.41, 5.74) is 0. The molecule has 6 nitrogen and oxygen atoms in total. The van der Waals surface area contributed by atoms with Crippen LogP contribution in [0.4, 0.5) is 0 Å². The minimum atomic E-state index is -1.05. The number of hydrogen-bond acceptors (Lipinski definition) is 6. The molecule has 88 valence electrons. The molecule has 0 aliphatic carbocycles. The first-order valence-electron chi connectivity index (χ1n) is 3.54. The highest BCUT2D eigenvalue weighted by atomic mass is 31.2. The predicted octanol–water partition coefficient (Wildman–Crippen LogP) is 2.30. The zero-order valence-electron chi connectivity index (χ0n) is 9.34. The van der Waals surface area contributed by atoms with Crippen LogP contribution in [0.2, 0.25) is 0 Å². The summed E-state index contributed by atoms with van der Waals surface area (Å²) in [6.07, 6.45) is 0. The van der Waals surface area contributed by atoms with Crippen molar-refractivity contribution in [3.8, 4) is 0 Å². The Labute approximate surface area is 87.8 Å². The van der Waals surface area contributed by atoms with Gasteiger partial charge in [-0.25, -0.2) is 0 Å². The van der Waals surface area contributed by atoms with Crippen LogP contribution in [0.15, 0.2) is 0 Å². The van der Waals surface area contributed by atoms with E-state index in [0.717, 1.165) is 0 Å². The largest absolute Gasteiger partial charge is 0.331 e. The van der Waals surface area contributed by atoms with Crippen molar-refractivity contribution in [1.82, 2.24) is 0 Å². The van der Waals surface area contributed by atoms with Crippen molar-refractivity contribution < 1.29 is 27.1 Å². The summed E-state index contributed by atoms with van der Waals surface area (Å²) in [6.45, 7) is 0. The summed E-state index contributed by atoms with van der Waals surface area (Å²) in [4.78, 5) is 0. The second-order valence-electron chi connectivity index (χ2n) is 1.54. The fourth-order valence-electron chi connectivity index (χ4n) is 0.447. The zero-order valence-corrected chi connectivity index (χ0v) is 11.1. The molecule has 0 aliphatic heterocycles. The molecule has 0 heterocycles. The lowest BCUT2D eigenvalue weighted by molar-refractivity contribution is 0.239. The van der Waals surface area contributed by atoms with E-state index in [-0.39, 0.29) is 0 Å². The minimum Gasteiger partial charge on any atom is -0.316 e. The maximum atomic E-state index is 4.67. The van der Waals surface area contributed by atoms with E-state index in [0.29, 0.717) is 0 Å². The Morgan fingerprint density at radius 3 is 0.571 bits per heavy atom. The van der Waals surface area contributed by atoms with Gasteiger partial charge in [-0.1, -0.05) is 0 Å². The lowest BCUT2D eigenvalue weighted by atomic mass is 11.8. The maximum Gasteiger partial charge on any atom is 0.331 e. The molecule has 0 N–H and O–H groups in total. The maximum absolute atomic E-state index is 4.67. The van der Waals surface area contributed by atoms with Crippen LogP contribution in [0.1, 0.15) is 0 Å². The second kappa shape index (κ2) is 13.6. The van der Waals surface area contributed by atoms with Gasteiger partial charge in [-0.3, -0.25) is 0 Å². The Morgan fingerprint density at radius 2 is 0.571 bits per heavy atom. The third kappa shape index (κ3) is 10.7. The van der Waals surface area contributed by atoms with E-state index in [1.54, 1.807) is 42.7 Å². The molecule has 8 heteroatoms. The topological polar surface area (TPSA) is 55.4 Å². The molecule has 0 aromatic rings. The lowest BCUT2D eigenvalue weighted by Gasteiger charge is -2.05. The van der Waals surface area contributed by atoms with E-state index in [1.165, 1.54) is 0 Å². The molecule has 0 fully saturated rings. The molecule has 0 bridgehead atoms. The van der Waals surface area contributed by atoms with Crippen molar-refractivity contribution in [2.45, 2.75) is 0 Å². The van der Waals surface area contributed by atoms with E-state index in [4.69, 9.17) is 0 Å². The van der Waals surface area contributed by atoms with Crippen molar-refractivity contribution in [3.63, 3.8) is 0 Å². The fraction of sp³-hybridized carbons (Fsp3) is 1.00. The van der Waals surface area contributed by atoms with E-state index < -0.39 is 17.2 Å². The summed E-state index contributed by atoms with van der Waals surface area (Å²) in [5.74, 6) is 0. The van der Waals surface area contributed by atoms with Gasteiger partial charge >= 0.3 is 17.2 Å². The smallest absolute Gasteiger partial charge is 0.316 e. The minimum absolute atomic E-state index is 1.05. The molecule has 0 aromatic heterocycles. The van der Waals surface area contributed by atoms with Crippen molar-refractivity contribution in [2.75, 3.05) is 42.7 Å². The average Bonchev–Trinajstić information content (AvgIpc) is 2.24. The van der Waals surface area contributed by atoms with Gasteiger partial charge in [-0.2, -0.15) is 0 Å². The standard InChI is InChI=1S/2C3H9O3P/c2*1-4-7(5-2)6-3/h2*1-3H3. The molecule has 0 radical (unpaired) electrons. The van der Waals surface area contributed by atoms with E-state index in [2.05, 4.69) is 27.1 Å². The van der Waals surface area contributed by atoms with Gasteiger partial charge in [0.25, 0.3) is 0 Å². The van der Waals surface area contributed by atoms with Crippen molar-refractivity contribution in [3.05, 3.63) is 0 Å². The Bertz CT molecular complexity index is 75.3. The normalized spacial score (nSPS) is 10.3. The van der Waals surface area contributed by atoms with Crippen LogP contribution in [0.25, 0.3) is 0 Å². The molecule has 0 rings (SSSR count). The van der Waals surface area contributed by atoms with Crippen LogP contribution < -0.4 is 0 Å². The predicted molar refractivity (Wildman–Crippen MR) is 55.9 cm³/mol. The van der Waals surface area contributed by atoms with Crippen molar-refractivity contribution in [2.24, 2.45) is 0 Å². The van der Waals surface area contributed by atoms with E-state index in [9.17, 15) is 0 Å². The van der Waals surface area contributed by atoms with E-state index >= 15 is 0 Å². The van der Waals surface area contributed by atoms with Crippen molar-refractivity contribution in [1.29, 1.82) is 0 Å². The van der Waals surface area contributed by atoms with Gasteiger partial charge in [0.1, 0.15) is 0 Å². The molecular weight excluding hydrogens is 230 g/mol. The van der Waals surface area contributed by atoms with Gasteiger partial charge in [-0.05, 0) is 0 Å². The van der Waals surface area contributed by atoms with Crippen LogP contribution in [-0.2, 0) is 27.1 Å². The monoisotopic (exact) mass is 248 g/mol. The van der Waals surface area contributed by atoms with Crippen LogP contribution in [-0.4, -0.2) is 42.7 Å². The Balaban J connectivity index is 0. The molecule has 0 amide bonds. The Kier molecular flexibility index (Phi) is 16.6. The van der Waals surface area contributed by atoms with Crippen LogP contribution >= 0.6 is 17.2 Å². The van der Waals surface area contributed by atoms with Gasteiger partial charge in [0.05, 0.1) is 0 Å². The summed E-state index contributed by atoms with van der Waals surface area (Å²) in [7, 11) is 7.13. The van der Waals surface area contributed by atoms with Crippen LogP contribution in [0.3, 0.4) is 0 Å². The van der Waals surface area contributed by atoms with Crippen LogP contribution in [0.5, 0.6) is 0 Å². The average molecular weight is 248 g/mol. The summed E-state index contributed by atoms with van der Waals surface area (Å²) in [5, 5.41) is 0. The lowest BCUT2D eigenvalue weighted by Crippen LogP contribution is -1.81. The Hall–Kier alpha value is 0.620.